The van der Waals surface area contributed by atoms with E-state index in [1.54, 1.807) is 12.2 Å². The lowest BCUT2D eigenvalue weighted by atomic mass is 9.77. The summed E-state index contributed by atoms with van der Waals surface area (Å²) in [4.78, 5) is 0. The Labute approximate surface area is 96.6 Å². The maximum atomic E-state index is 10.9. The molecule has 0 aromatic carbocycles. The van der Waals surface area contributed by atoms with Gasteiger partial charge in [0.15, 0.2) is 0 Å². The van der Waals surface area contributed by atoms with Crippen LogP contribution in [-0.2, 0) is 10.0 Å². The summed E-state index contributed by atoms with van der Waals surface area (Å²) < 4.78 is 24.3. The van der Waals surface area contributed by atoms with Crippen molar-refractivity contribution in [1.82, 2.24) is 4.72 Å². The molecule has 1 unspecified atom stereocenters. The van der Waals surface area contributed by atoms with Crippen LogP contribution >= 0.6 is 0 Å². The van der Waals surface area contributed by atoms with Gasteiger partial charge in [-0.25, -0.2) is 13.1 Å². The largest absolute Gasteiger partial charge is 0.402 e. The molecule has 6 heteroatoms. The first-order valence-corrected chi connectivity index (χ1v) is 6.99. The van der Waals surface area contributed by atoms with Gasteiger partial charge < -0.3 is 11.5 Å². The van der Waals surface area contributed by atoms with Crippen molar-refractivity contribution in [2.45, 2.75) is 19.8 Å². The van der Waals surface area contributed by atoms with Crippen LogP contribution in [0.25, 0.3) is 0 Å². The monoisotopic (exact) mass is 245 g/mol. The van der Waals surface area contributed by atoms with Crippen molar-refractivity contribution in [3.05, 3.63) is 23.5 Å². The van der Waals surface area contributed by atoms with Gasteiger partial charge in [-0.2, -0.15) is 0 Å². The Balaban J connectivity index is 2.60. The number of hydrogen-bond donors (Lipinski definition) is 3. The van der Waals surface area contributed by atoms with E-state index in [1.165, 1.54) is 0 Å². The maximum Gasteiger partial charge on any atom is 0.208 e. The second kappa shape index (κ2) is 4.47. The third-order valence-electron chi connectivity index (χ3n) is 2.81. The highest BCUT2D eigenvalue weighted by Crippen LogP contribution is 2.36. The van der Waals surface area contributed by atoms with Gasteiger partial charge in [0.25, 0.3) is 0 Å². The lowest BCUT2D eigenvalue weighted by Crippen LogP contribution is -2.34. The molecule has 16 heavy (non-hydrogen) atoms. The van der Waals surface area contributed by atoms with Crippen molar-refractivity contribution < 1.29 is 8.42 Å². The van der Waals surface area contributed by atoms with Crippen molar-refractivity contribution >= 4 is 10.0 Å². The van der Waals surface area contributed by atoms with E-state index < -0.39 is 10.0 Å². The Morgan fingerprint density at radius 2 is 2.06 bits per heavy atom. The minimum Gasteiger partial charge on any atom is -0.402 e. The summed E-state index contributed by atoms with van der Waals surface area (Å²) in [6.45, 7) is 2.36. The van der Waals surface area contributed by atoms with E-state index in [-0.39, 0.29) is 5.41 Å². The summed E-state index contributed by atoms with van der Waals surface area (Å²) in [5.41, 5.74) is 12.9. The number of allylic oxidation sites excluding steroid dienone is 4. The molecule has 0 spiro atoms. The van der Waals surface area contributed by atoms with Crippen LogP contribution in [0, 0.1) is 5.41 Å². The van der Waals surface area contributed by atoms with Gasteiger partial charge in [0.1, 0.15) is 0 Å². The van der Waals surface area contributed by atoms with E-state index in [1.807, 2.05) is 6.92 Å². The van der Waals surface area contributed by atoms with Gasteiger partial charge in [0, 0.05) is 23.4 Å². The Morgan fingerprint density at radius 1 is 1.44 bits per heavy atom. The molecule has 1 aliphatic rings. The van der Waals surface area contributed by atoms with Gasteiger partial charge in [-0.05, 0) is 25.0 Å². The van der Waals surface area contributed by atoms with Crippen molar-refractivity contribution in [3.8, 4) is 0 Å². The number of rotatable bonds is 4. The van der Waals surface area contributed by atoms with Gasteiger partial charge in [-0.3, -0.25) is 0 Å². The number of nitrogens with one attached hydrogen (secondary N) is 1. The predicted octanol–water partition coefficient (Wildman–Crippen LogP) is 0.0209. The molecular weight excluding hydrogens is 226 g/mol. The first kappa shape index (κ1) is 13.1. The van der Waals surface area contributed by atoms with E-state index >= 15 is 0 Å². The SMILES string of the molecule is CC1(CCNS(C)(=O)=O)CC(N)=CC=C1N. The Hall–Kier alpha value is -1.01. The molecule has 1 atom stereocenters. The molecule has 92 valence electrons. The molecule has 0 radical (unpaired) electrons. The van der Waals surface area contributed by atoms with Gasteiger partial charge >= 0.3 is 0 Å². The van der Waals surface area contributed by atoms with Gasteiger partial charge in [0.05, 0.1) is 6.26 Å². The molecule has 0 amide bonds. The first-order valence-electron chi connectivity index (χ1n) is 5.10. The molecule has 0 heterocycles. The van der Waals surface area contributed by atoms with Crippen LogP contribution in [0.1, 0.15) is 19.8 Å². The topological polar surface area (TPSA) is 98.2 Å². The highest BCUT2D eigenvalue weighted by Gasteiger charge is 2.29. The van der Waals surface area contributed by atoms with Crippen molar-refractivity contribution in [1.29, 1.82) is 0 Å². The van der Waals surface area contributed by atoms with Crippen LogP contribution in [0.2, 0.25) is 0 Å². The number of hydrogen-bond acceptors (Lipinski definition) is 4. The Bertz CT molecular complexity index is 425. The molecule has 0 aliphatic heterocycles. The smallest absolute Gasteiger partial charge is 0.208 e. The van der Waals surface area contributed by atoms with Gasteiger partial charge in [-0.1, -0.05) is 6.92 Å². The van der Waals surface area contributed by atoms with Crippen LogP contribution in [0.3, 0.4) is 0 Å². The molecule has 0 fully saturated rings. The van der Waals surface area contributed by atoms with E-state index in [0.29, 0.717) is 19.4 Å². The lowest BCUT2D eigenvalue weighted by molar-refractivity contribution is 0.352. The molecule has 0 saturated carbocycles. The third-order valence-corrected chi connectivity index (χ3v) is 3.54. The standard InChI is InChI=1S/C10H19N3O2S/c1-10(5-6-13-16(2,14)15)7-8(11)3-4-9(10)12/h3-4,13H,5-7,11-12H2,1-2H3. The molecular formula is C10H19N3O2S. The predicted molar refractivity (Wildman–Crippen MR) is 64.7 cm³/mol. The summed E-state index contributed by atoms with van der Waals surface area (Å²) in [5.74, 6) is 0. The number of sulfonamides is 1. The molecule has 1 rings (SSSR count). The van der Waals surface area contributed by atoms with Crippen molar-refractivity contribution in [3.63, 3.8) is 0 Å². The van der Waals surface area contributed by atoms with Gasteiger partial charge in [-0.15, -0.1) is 0 Å². The van der Waals surface area contributed by atoms with Crippen LogP contribution in [0.4, 0.5) is 0 Å². The molecule has 5 N–H and O–H groups in total. The fourth-order valence-corrected chi connectivity index (χ4v) is 2.23. The van der Waals surface area contributed by atoms with Gasteiger partial charge in [0.2, 0.25) is 10.0 Å². The average molecular weight is 245 g/mol. The molecule has 0 aromatic heterocycles. The summed E-state index contributed by atoms with van der Waals surface area (Å²) in [6.07, 6.45) is 6.03. The van der Waals surface area contributed by atoms with Crippen LogP contribution in [0.15, 0.2) is 23.5 Å². The second-order valence-corrected chi connectivity index (χ2v) is 6.35. The minimum atomic E-state index is -3.14. The fraction of sp³-hybridized carbons (Fsp3) is 0.600. The normalized spacial score (nSPS) is 26.1. The highest BCUT2D eigenvalue weighted by molar-refractivity contribution is 7.88. The number of nitrogens with two attached hydrogens (primary N) is 2. The summed E-state index contributed by atoms with van der Waals surface area (Å²) in [5, 5.41) is 0. The summed E-state index contributed by atoms with van der Waals surface area (Å²) in [7, 11) is -3.14. The van der Waals surface area contributed by atoms with Crippen LogP contribution < -0.4 is 16.2 Å². The highest BCUT2D eigenvalue weighted by atomic mass is 32.2. The Morgan fingerprint density at radius 3 is 2.62 bits per heavy atom. The Kier molecular flexibility index (Phi) is 3.64. The zero-order valence-corrected chi connectivity index (χ0v) is 10.5. The quantitative estimate of drug-likeness (QED) is 0.650. The van der Waals surface area contributed by atoms with E-state index in [2.05, 4.69) is 4.72 Å². The molecule has 0 aromatic rings. The van der Waals surface area contributed by atoms with Crippen LogP contribution in [-0.4, -0.2) is 21.2 Å². The fourth-order valence-electron chi connectivity index (χ4n) is 1.75. The molecule has 0 bridgehead atoms. The maximum absolute atomic E-state index is 10.9. The summed E-state index contributed by atoms with van der Waals surface area (Å²) >= 11 is 0. The lowest BCUT2D eigenvalue weighted by Gasteiger charge is -2.32. The minimum absolute atomic E-state index is 0.253. The zero-order valence-electron chi connectivity index (χ0n) is 9.66. The molecule has 5 nitrogen and oxygen atoms in total. The molecule has 1 aliphatic carbocycles. The van der Waals surface area contributed by atoms with E-state index in [4.69, 9.17) is 11.5 Å². The average Bonchev–Trinajstić information content (AvgIpc) is 2.09. The van der Waals surface area contributed by atoms with Crippen molar-refractivity contribution in [2.24, 2.45) is 16.9 Å². The molecule has 0 saturated heterocycles. The first-order chi connectivity index (χ1) is 7.23. The van der Waals surface area contributed by atoms with Crippen molar-refractivity contribution in [2.75, 3.05) is 12.8 Å². The second-order valence-electron chi connectivity index (χ2n) is 4.52. The van der Waals surface area contributed by atoms with Crippen LogP contribution in [0.5, 0.6) is 0 Å². The summed E-state index contributed by atoms with van der Waals surface area (Å²) in [6, 6.07) is 0. The zero-order chi connectivity index (χ0) is 12.4. The van der Waals surface area contributed by atoms with E-state index in [9.17, 15) is 8.42 Å². The third kappa shape index (κ3) is 3.53. The van der Waals surface area contributed by atoms with E-state index in [0.717, 1.165) is 17.6 Å².